The Labute approximate surface area is 85.5 Å². The average Bonchev–Trinajstić information content (AvgIpc) is 2.09. The third-order valence-corrected chi connectivity index (χ3v) is 1.97. The van der Waals surface area contributed by atoms with Crippen LogP contribution in [0.15, 0.2) is 17.1 Å². The Bertz CT molecular complexity index is 397. The number of hydrogen-bond donors (Lipinski definition) is 1. The standard InChI is InChI=1S/C10H10BrNO/c1-8-6-10(13)12-7-9(8)4-2-3-5-11/h6-7H,3,5H2,1H3,(H,12,13). The minimum Gasteiger partial charge on any atom is -0.328 e. The van der Waals surface area contributed by atoms with Gasteiger partial charge in [0.2, 0.25) is 5.56 Å². The van der Waals surface area contributed by atoms with Gasteiger partial charge >= 0.3 is 0 Å². The SMILES string of the molecule is Cc1cc(=O)[nH]cc1C#CCCBr. The number of rotatable bonds is 1. The third kappa shape index (κ3) is 3.08. The highest BCUT2D eigenvalue weighted by Crippen LogP contribution is 1.99. The van der Waals surface area contributed by atoms with Gasteiger partial charge in [0.25, 0.3) is 0 Å². The molecule has 0 aromatic carbocycles. The largest absolute Gasteiger partial charge is 0.328 e. The predicted molar refractivity (Wildman–Crippen MR) is 57.1 cm³/mol. The van der Waals surface area contributed by atoms with Crippen molar-refractivity contribution in [2.45, 2.75) is 13.3 Å². The zero-order valence-electron chi connectivity index (χ0n) is 7.36. The van der Waals surface area contributed by atoms with Gasteiger partial charge in [-0.05, 0) is 12.5 Å². The summed E-state index contributed by atoms with van der Waals surface area (Å²) in [5, 5.41) is 0.877. The van der Waals surface area contributed by atoms with E-state index >= 15 is 0 Å². The van der Waals surface area contributed by atoms with Gasteiger partial charge in [-0.25, -0.2) is 0 Å². The normalized spacial score (nSPS) is 9.08. The van der Waals surface area contributed by atoms with Crippen molar-refractivity contribution in [3.05, 3.63) is 33.7 Å². The minimum atomic E-state index is -0.0801. The molecule has 13 heavy (non-hydrogen) atoms. The second kappa shape index (κ2) is 4.88. The van der Waals surface area contributed by atoms with Crippen molar-refractivity contribution in [1.82, 2.24) is 4.98 Å². The number of alkyl halides is 1. The second-order valence-corrected chi connectivity index (χ2v) is 3.43. The van der Waals surface area contributed by atoms with Crippen molar-refractivity contribution in [2.24, 2.45) is 0 Å². The molecular weight excluding hydrogens is 230 g/mol. The van der Waals surface area contributed by atoms with E-state index in [0.29, 0.717) is 0 Å². The lowest BCUT2D eigenvalue weighted by atomic mass is 10.2. The Hall–Kier alpha value is -1.01. The molecule has 1 aromatic heterocycles. The maximum atomic E-state index is 10.9. The molecule has 2 nitrogen and oxygen atoms in total. The fraction of sp³-hybridized carbons (Fsp3) is 0.300. The molecule has 0 fully saturated rings. The minimum absolute atomic E-state index is 0.0801. The summed E-state index contributed by atoms with van der Waals surface area (Å²) in [6.45, 7) is 1.88. The van der Waals surface area contributed by atoms with Crippen molar-refractivity contribution in [2.75, 3.05) is 5.33 Å². The molecule has 0 aliphatic carbocycles. The third-order valence-electron chi connectivity index (χ3n) is 1.57. The highest BCUT2D eigenvalue weighted by Gasteiger charge is 1.93. The average molecular weight is 240 g/mol. The summed E-state index contributed by atoms with van der Waals surface area (Å²) in [6.07, 6.45) is 2.47. The zero-order valence-corrected chi connectivity index (χ0v) is 8.94. The lowest BCUT2D eigenvalue weighted by molar-refractivity contribution is 1.19. The molecule has 68 valence electrons. The number of H-pyrrole nitrogens is 1. The van der Waals surface area contributed by atoms with Crippen molar-refractivity contribution < 1.29 is 0 Å². The summed E-state index contributed by atoms with van der Waals surface area (Å²) in [4.78, 5) is 13.5. The van der Waals surface area contributed by atoms with E-state index < -0.39 is 0 Å². The van der Waals surface area contributed by atoms with Crippen LogP contribution in [0.2, 0.25) is 0 Å². The Morgan fingerprint density at radius 3 is 3.00 bits per heavy atom. The van der Waals surface area contributed by atoms with E-state index in [4.69, 9.17) is 0 Å². The van der Waals surface area contributed by atoms with Crippen LogP contribution in [0.1, 0.15) is 17.5 Å². The first kappa shape index (κ1) is 10.1. The number of hydrogen-bond acceptors (Lipinski definition) is 1. The Morgan fingerprint density at radius 2 is 2.38 bits per heavy atom. The van der Waals surface area contributed by atoms with Gasteiger partial charge in [-0.3, -0.25) is 4.79 Å². The van der Waals surface area contributed by atoms with Crippen LogP contribution < -0.4 is 5.56 Å². The van der Waals surface area contributed by atoms with Gasteiger partial charge in [0.1, 0.15) is 0 Å². The highest BCUT2D eigenvalue weighted by molar-refractivity contribution is 9.09. The van der Waals surface area contributed by atoms with E-state index in [1.807, 2.05) is 6.92 Å². The van der Waals surface area contributed by atoms with E-state index in [1.54, 1.807) is 12.3 Å². The second-order valence-electron chi connectivity index (χ2n) is 2.63. The number of aromatic amines is 1. The van der Waals surface area contributed by atoms with Gasteiger partial charge in [-0.15, -0.1) is 0 Å². The Kier molecular flexibility index (Phi) is 3.78. The fourth-order valence-electron chi connectivity index (χ4n) is 0.913. The summed E-state index contributed by atoms with van der Waals surface area (Å²) in [6, 6.07) is 1.55. The molecule has 0 unspecified atom stereocenters. The first-order chi connectivity index (χ1) is 6.24. The van der Waals surface area contributed by atoms with Crippen molar-refractivity contribution in [3.8, 4) is 11.8 Å². The molecule has 0 amide bonds. The zero-order chi connectivity index (χ0) is 9.68. The van der Waals surface area contributed by atoms with E-state index in [2.05, 4.69) is 32.8 Å². The maximum absolute atomic E-state index is 10.9. The first-order valence-corrected chi connectivity index (χ1v) is 5.10. The van der Waals surface area contributed by atoms with Gasteiger partial charge in [-0.2, -0.15) is 0 Å². The fourth-order valence-corrected chi connectivity index (χ4v) is 1.11. The first-order valence-electron chi connectivity index (χ1n) is 3.98. The summed E-state index contributed by atoms with van der Waals surface area (Å²) >= 11 is 3.29. The number of halogens is 1. The van der Waals surface area contributed by atoms with Crippen LogP contribution in [0.3, 0.4) is 0 Å². The lowest BCUT2D eigenvalue weighted by Gasteiger charge is -1.94. The topological polar surface area (TPSA) is 32.9 Å². The van der Waals surface area contributed by atoms with E-state index in [-0.39, 0.29) is 5.56 Å². The van der Waals surface area contributed by atoms with E-state index in [1.165, 1.54) is 0 Å². The van der Waals surface area contributed by atoms with Gasteiger partial charge in [0, 0.05) is 29.6 Å². The molecule has 1 rings (SSSR count). The van der Waals surface area contributed by atoms with Gasteiger partial charge in [0.05, 0.1) is 0 Å². The molecular formula is C10H10BrNO. The number of pyridine rings is 1. The Balaban J connectivity index is 2.92. The smallest absolute Gasteiger partial charge is 0.248 e. The molecule has 1 heterocycles. The molecule has 1 aromatic rings. The summed E-state index contributed by atoms with van der Waals surface area (Å²) < 4.78 is 0. The lowest BCUT2D eigenvalue weighted by Crippen LogP contribution is -2.04. The number of aryl methyl sites for hydroxylation is 1. The molecule has 0 aliphatic rings. The molecule has 0 radical (unpaired) electrons. The summed E-state index contributed by atoms with van der Waals surface area (Å²) in [5.74, 6) is 5.98. The number of aromatic nitrogens is 1. The van der Waals surface area contributed by atoms with Crippen LogP contribution in [0, 0.1) is 18.8 Å². The highest BCUT2D eigenvalue weighted by atomic mass is 79.9. The molecule has 1 N–H and O–H groups in total. The van der Waals surface area contributed by atoms with Crippen LogP contribution in [0.5, 0.6) is 0 Å². The molecule has 3 heteroatoms. The van der Waals surface area contributed by atoms with Crippen LogP contribution in [-0.4, -0.2) is 10.3 Å². The van der Waals surface area contributed by atoms with E-state index in [0.717, 1.165) is 22.9 Å². The predicted octanol–water partition coefficient (Wildman–Crippen LogP) is 1.82. The molecule has 0 spiro atoms. The van der Waals surface area contributed by atoms with Crippen molar-refractivity contribution >= 4 is 15.9 Å². The summed E-state index contributed by atoms with van der Waals surface area (Å²) in [5.41, 5.74) is 1.73. The van der Waals surface area contributed by atoms with Crippen LogP contribution >= 0.6 is 15.9 Å². The van der Waals surface area contributed by atoms with Crippen molar-refractivity contribution in [3.63, 3.8) is 0 Å². The van der Waals surface area contributed by atoms with Gasteiger partial charge < -0.3 is 4.98 Å². The molecule has 0 saturated carbocycles. The van der Waals surface area contributed by atoms with Crippen molar-refractivity contribution in [1.29, 1.82) is 0 Å². The molecule has 0 aliphatic heterocycles. The van der Waals surface area contributed by atoms with Crippen LogP contribution in [0.4, 0.5) is 0 Å². The maximum Gasteiger partial charge on any atom is 0.248 e. The number of nitrogens with one attached hydrogen (secondary N) is 1. The Morgan fingerprint density at radius 1 is 1.62 bits per heavy atom. The van der Waals surface area contributed by atoms with E-state index in [9.17, 15) is 4.79 Å². The van der Waals surface area contributed by atoms with Gasteiger partial charge in [0.15, 0.2) is 0 Å². The van der Waals surface area contributed by atoms with Crippen LogP contribution in [-0.2, 0) is 0 Å². The molecule has 0 bridgehead atoms. The van der Waals surface area contributed by atoms with Crippen LogP contribution in [0.25, 0.3) is 0 Å². The molecule has 0 atom stereocenters. The quantitative estimate of drug-likeness (QED) is 0.589. The summed E-state index contributed by atoms with van der Waals surface area (Å²) in [7, 11) is 0. The molecule has 0 saturated heterocycles. The monoisotopic (exact) mass is 239 g/mol. The van der Waals surface area contributed by atoms with Gasteiger partial charge in [-0.1, -0.05) is 27.8 Å².